The van der Waals surface area contributed by atoms with Crippen LogP contribution < -0.4 is 10.5 Å². The highest BCUT2D eigenvalue weighted by Crippen LogP contribution is 2.14. The number of hydrogen-bond acceptors (Lipinski definition) is 3. The van der Waals surface area contributed by atoms with Crippen LogP contribution in [-0.2, 0) is 6.61 Å². The van der Waals surface area contributed by atoms with Gasteiger partial charge in [-0.05, 0) is 36.8 Å². The molecular formula is C13H14N2O. The van der Waals surface area contributed by atoms with E-state index < -0.39 is 0 Å². The van der Waals surface area contributed by atoms with Crippen LogP contribution in [0, 0.1) is 6.92 Å². The Labute approximate surface area is 94.9 Å². The highest BCUT2D eigenvalue weighted by atomic mass is 16.5. The normalized spacial score (nSPS) is 10.1. The lowest BCUT2D eigenvalue weighted by molar-refractivity contribution is 0.301. The Bertz CT molecular complexity index is 437. The molecule has 0 fully saturated rings. The monoisotopic (exact) mass is 214 g/mol. The van der Waals surface area contributed by atoms with Gasteiger partial charge in [0.2, 0.25) is 0 Å². The molecular weight excluding hydrogens is 200 g/mol. The predicted molar refractivity (Wildman–Crippen MR) is 64.2 cm³/mol. The van der Waals surface area contributed by atoms with Crippen molar-refractivity contribution in [2.75, 3.05) is 5.73 Å². The van der Waals surface area contributed by atoms with Crippen LogP contribution in [0.25, 0.3) is 0 Å². The molecule has 3 heteroatoms. The molecule has 0 amide bonds. The molecule has 0 aliphatic heterocycles. The molecule has 3 nitrogen and oxygen atoms in total. The number of hydrogen-bond donors (Lipinski definition) is 1. The SMILES string of the molecule is Cc1cccc(OCc2cccc(N)n2)c1. The lowest BCUT2D eigenvalue weighted by Crippen LogP contribution is -2.00. The van der Waals surface area contributed by atoms with E-state index in [2.05, 4.69) is 4.98 Å². The number of nitrogens with two attached hydrogens (primary N) is 1. The first-order valence-electron chi connectivity index (χ1n) is 5.15. The van der Waals surface area contributed by atoms with E-state index in [1.165, 1.54) is 5.56 Å². The summed E-state index contributed by atoms with van der Waals surface area (Å²) in [6.45, 7) is 2.47. The van der Waals surface area contributed by atoms with Gasteiger partial charge in [-0.15, -0.1) is 0 Å². The maximum Gasteiger partial charge on any atom is 0.130 e. The molecule has 2 rings (SSSR count). The van der Waals surface area contributed by atoms with Crippen molar-refractivity contribution in [1.29, 1.82) is 0 Å². The van der Waals surface area contributed by atoms with Crippen LogP contribution in [0.3, 0.4) is 0 Å². The molecule has 82 valence electrons. The summed E-state index contributed by atoms with van der Waals surface area (Å²) >= 11 is 0. The first-order chi connectivity index (χ1) is 7.74. The zero-order chi connectivity index (χ0) is 11.4. The van der Waals surface area contributed by atoms with Crippen molar-refractivity contribution in [3.63, 3.8) is 0 Å². The molecule has 0 saturated carbocycles. The Morgan fingerprint density at radius 2 is 2.00 bits per heavy atom. The fourth-order valence-corrected chi connectivity index (χ4v) is 1.44. The lowest BCUT2D eigenvalue weighted by Gasteiger charge is -2.06. The topological polar surface area (TPSA) is 48.1 Å². The first-order valence-corrected chi connectivity index (χ1v) is 5.15. The van der Waals surface area contributed by atoms with Crippen LogP contribution in [0.2, 0.25) is 0 Å². The summed E-state index contributed by atoms with van der Waals surface area (Å²) in [4.78, 5) is 4.16. The molecule has 0 bridgehead atoms. The maximum absolute atomic E-state index is 5.61. The van der Waals surface area contributed by atoms with Crippen LogP contribution in [-0.4, -0.2) is 4.98 Å². The molecule has 2 aromatic rings. The second kappa shape index (κ2) is 4.66. The molecule has 1 aromatic carbocycles. The van der Waals surface area contributed by atoms with Crippen molar-refractivity contribution in [3.8, 4) is 5.75 Å². The molecule has 16 heavy (non-hydrogen) atoms. The average Bonchev–Trinajstić information content (AvgIpc) is 2.27. The van der Waals surface area contributed by atoms with Gasteiger partial charge in [0.1, 0.15) is 18.2 Å². The summed E-state index contributed by atoms with van der Waals surface area (Å²) in [5.41, 5.74) is 7.60. The zero-order valence-corrected chi connectivity index (χ0v) is 9.18. The highest BCUT2D eigenvalue weighted by molar-refractivity contribution is 5.30. The van der Waals surface area contributed by atoms with Crippen LogP contribution >= 0.6 is 0 Å². The van der Waals surface area contributed by atoms with Crippen molar-refractivity contribution in [2.45, 2.75) is 13.5 Å². The Morgan fingerprint density at radius 3 is 2.75 bits per heavy atom. The zero-order valence-electron chi connectivity index (χ0n) is 9.18. The number of rotatable bonds is 3. The number of nitrogen functional groups attached to an aromatic ring is 1. The van der Waals surface area contributed by atoms with Crippen LogP contribution in [0.1, 0.15) is 11.3 Å². The molecule has 0 aliphatic rings. The van der Waals surface area contributed by atoms with Crippen molar-refractivity contribution in [3.05, 3.63) is 53.7 Å². The number of aryl methyl sites for hydroxylation is 1. The Kier molecular flexibility index (Phi) is 3.05. The number of nitrogens with zero attached hydrogens (tertiary/aromatic N) is 1. The predicted octanol–water partition coefficient (Wildman–Crippen LogP) is 2.55. The molecule has 0 saturated heterocycles. The molecule has 0 unspecified atom stereocenters. The van der Waals surface area contributed by atoms with Gasteiger partial charge in [-0.3, -0.25) is 0 Å². The Hall–Kier alpha value is -2.03. The first kappa shape index (κ1) is 10.5. The third kappa shape index (κ3) is 2.73. The standard InChI is InChI=1S/C13H14N2O/c1-10-4-2-6-12(8-10)16-9-11-5-3-7-13(14)15-11/h2-8H,9H2,1H3,(H2,14,15). The Morgan fingerprint density at radius 1 is 1.19 bits per heavy atom. The minimum atomic E-state index is 0.439. The fraction of sp³-hybridized carbons (Fsp3) is 0.154. The summed E-state index contributed by atoms with van der Waals surface area (Å²) in [7, 11) is 0. The van der Waals surface area contributed by atoms with Crippen molar-refractivity contribution >= 4 is 5.82 Å². The van der Waals surface area contributed by atoms with Gasteiger partial charge in [-0.1, -0.05) is 18.2 Å². The van der Waals surface area contributed by atoms with E-state index in [-0.39, 0.29) is 0 Å². The average molecular weight is 214 g/mol. The van der Waals surface area contributed by atoms with Gasteiger partial charge in [0.15, 0.2) is 0 Å². The van der Waals surface area contributed by atoms with Gasteiger partial charge in [0.05, 0.1) is 5.69 Å². The minimum absolute atomic E-state index is 0.439. The van der Waals surface area contributed by atoms with Gasteiger partial charge in [-0.25, -0.2) is 4.98 Å². The summed E-state index contributed by atoms with van der Waals surface area (Å²) in [6, 6.07) is 13.5. The maximum atomic E-state index is 5.61. The van der Waals surface area contributed by atoms with E-state index in [0.29, 0.717) is 12.4 Å². The molecule has 1 aromatic heterocycles. The van der Waals surface area contributed by atoms with E-state index in [1.54, 1.807) is 6.07 Å². The quantitative estimate of drug-likeness (QED) is 0.854. The number of aromatic nitrogens is 1. The van der Waals surface area contributed by atoms with Gasteiger partial charge in [0, 0.05) is 0 Å². The molecule has 0 atom stereocenters. The summed E-state index contributed by atoms with van der Waals surface area (Å²) in [6.07, 6.45) is 0. The van der Waals surface area contributed by atoms with Gasteiger partial charge in [0.25, 0.3) is 0 Å². The van der Waals surface area contributed by atoms with Crippen LogP contribution in [0.5, 0.6) is 5.75 Å². The largest absolute Gasteiger partial charge is 0.487 e. The third-order valence-corrected chi connectivity index (χ3v) is 2.20. The van der Waals surface area contributed by atoms with Crippen molar-refractivity contribution < 1.29 is 4.74 Å². The number of ether oxygens (including phenoxy) is 1. The summed E-state index contributed by atoms with van der Waals surface area (Å²) in [5.74, 6) is 1.37. The molecule has 0 radical (unpaired) electrons. The second-order valence-electron chi connectivity index (χ2n) is 3.66. The highest BCUT2D eigenvalue weighted by Gasteiger charge is 1.97. The van der Waals surface area contributed by atoms with E-state index in [4.69, 9.17) is 10.5 Å². The van der Waals surface area contributed by atoms with E-state index in [9.17, 15) is 0 Å². The number of anilines is 1. The third-order valence-electron chi connectivity index (χ3n) is 2.20. The van der Waals surface area contributed by atoms with Gasteiger partial charge >= 0.3 is 0 Å². The van der Waals surface area contributed by atoms with E-state index in [0.717, 1.165) is 11.4 Å². The smallest absolute Gasteiger partial charge is 0.130 e. The van der Waals surface area contributed by atoms with Crippen LogP contribution in [0.15, 0.2) is 42.5 Å². The Balaban J connectivity index is 2.02. The number of benzene rings is 1. The summed E-state index contributed by atoms with van der Waals surface area (Å²) in [5, 5.41) is 0. The van der Waals surface area contributed by atoms with Crippen molar-refractivity contribution in [2.24, 2.45) is 0 Å². The second-order valence-corrected chi connectivity index (χ2v) is 3.66. The molecule has 2 N–H and O–H groups in total. The van der Waals surface area contributed by atoms with Gasteiger partial charge < -0.3 is 10.5 Å². The number of pyridine rings is 1. The minimum Gasteiger partial charge on any atom is -0.487 e. The van der Waals surface area contributed by atoms with Gasteiger partial charge in [-0.2, -0.15) is 0 Å². The van der Waals surface area contributed by atoms with Crippen molar-refractivity contribution in [1.82, 2.24) is 4.98 Å². The molecule has 0 spiro atoms. The molecule has 0 aliphatic carbocycles. The van der Waals surface area contributed by atoms with E-state index in [1.807, 2.05) is 43.3 Å². The fourth-order valence-electron chi connectivity index (χ4n) is 1.44. The van der Waals surface area contributed by atoms with E-state index >= 15 is 0 Å². The lowest BCUT2D eigenvalue weighted by atomic mass is 10.2. The molecule has 1 heterocycles. The summed E-state index contributed by atoms with van der Waals surface area (Å²) < 4.78 is 5.61. The van der Waals surface area contributed by atoms with Crippen LogP contribution in [0.4, 0.5) is 5.82 Å².